The van der Waals surface area contributed by atoms with Crippen molar-refractivity contribution in [2.45, 2.75) is 26.7 Å². The molecule has 2 amide bonds. The Morgan fingerprint density at radius 3 is 2.17 bits per heavy atom. The summed E-state index contributed by atoms with van der Waals surface area (Å²) >= 11 is 3.48. The minimum absolute atomic E-state index is 0.0155. The number of carbonyl (C=O) groups is 2. The van der Waals surface area contributed by atoms with Gasteiger partial charge >= 0.3 is 0 Å². The molecule has 1 heterocycles. The summed E-state index contributed by atoms with van der Waals surface area (Å²) in [5.41, 5.74) is 3.47. The fourth-order valence-electron chi connectivity index (χ4n) is 3.83. The lowest BCUT2D eigenvalue weighted by Crippen LogP contribution is -2.41. The Morgan fingerprint density at radius 1 is 1.00 bits per heavy atom. The van der Waals surface area contributed by atoms with Crippen LogP contribution in [0.15, 0.2) is 34.8 Å². The highest BCUT2D eigenvalue weighted by molar-refractivity contribution is 9.10. The van der Waals surface area contributed by atoms with E-state index in [1.165, 1.54) is 0 Å². The number of rotatable bonds is 5. The number of nitrogens with zero attached hydrogens (tertiary/aromatic N) is 1. The molecule has 0 atom stereocenters. The number of methoxy groups -OCH3 is 2. The van der Waals surface area contributed by atoms with Crippen molar-refractivity contribution in [2.75, 3.05) is 32.6 Å². The zero-order valence-corrected chi connectivity index (χ0v) is 19.3. The Kier molecular flexibility index (Phi) is 7.02. The van der Waals surface area contributed by atoms with E-state index in [0.29, 0.717) is 43.0 Å². The highest BCUT2D eigenvalue weighted by Crippen LogP contribution is 2.30. The molecule has 30 heavy (non-hydrogen) atoms. The van der Waals surface area contributed by atoms with Crippen LogP contribution in [0.1, 0.15) is 34.3 Å². The van der Waals surface area contributed by atoms with Crippen LogP contribution in [-0.2, 0) is 4.79 Å². The molecule has 6 nitrogen and oxygen atoms in total. The first-order chi connectivity index (χ1) is 14.3. The Morgan fingerprint density at radius 2 is 1.60 bits per heavy atom. The van der Waals surface area contributed by atoms with Crippen molar-refractivity contribution in [2.24, 2.45) is 5.92 Å². The fraction of sp³-hybridized carbons (Fsp3) is 0.391. The Labute approximate surface area is 185 Å². The number of ether oxygens (including phenoxy) is 2. The molecule has 1 fully saturated rings. The quantitative estimate of drug-likeness (QED) is 0.688. The molecule has 0 bridgehead atoms. The van der Waals surface area contributed by atoms with Crippen LogP contribution in [0.4, 0.5) is 5.69 Å². The van der Waals surface area contributed by atoms with Crippen LogP contribution < -0.4 is 14.8 Å². The number of piperidine rings is 1. The topological polar surface area (TPSA) is 67.9 Å². The van der Waals surface area contributed by atoms with Gasteiger partial charge in [0.05, 0.1) is 14.2 Å². The van der Waals surface area contributed by atoms with Crippen molar-refractivity contribution in [3.63, 3.8) is 0 Å². The predicted octanol–water partition coefficient (Wildman–Crippen LogP) is 4.57. The van der Waals surface area contributed by atoms with E-state index in [-0.39, 0.29) is 17.7 Å². The van der Waals surface area contributed by atoms with Crippen LogP contribution in [0.3, 0.4) is 0 Å². The summed E-state index contributed by atoms with van der Waals surface area (Å²) in [4.78, 5) is 27.5. The third-order valence-electron chi connectivity index (χ3n) is 5.53. The zero-order valence-electron chi connectivity index (χ0n) is 17.8. The number of likely N-dealkylation sites (tertiary alicyclic amines) is 1. The lowest BCUT2D eigenvalue weighted by Gasteiger charge is -2.31. The average molecular weight is 475 g/mol. The number of amides is 2. The first kappa shape index (κ1) is 22.2. The summed E-state index contributed by atoms with van der Waals surface area (Å²) in [5, 5.41) is 3.09. The molecule has 2 aromatic rings. The molecule has 0 saturated carbocycles. The van der Waals surface area contributed by atoms with Gasteiger partial charge in [-0.1, -0.05) is 15.9 Å². The van der Waals surface area contributed by atoms with Crippen LogP contribution in [0.25, 0.3) is 0 Å². The molecule has 1 N–H and O–H groups in total. The van der Waals surface area contributed by atoms with E-state index in [4.69, 9.17) is 9.47 Å². The normalized spacial score (nSPS) is 14.4. The number of carbonyl (C=O) groups excluding carboxylic acids is 2. The van der Waals surface area contributed by atoms with Gasteiger partial charge in [-0.25, -0.2) is 0 Å². The molecule has 2 aromatic carbocycles. The number of halogens is 1. The molecule has 0 aliphatic carbocycles. The first-order valence-corrected chi connectivity index (χ1v) is 10.7. The monoisotopic (exact) mass is 474 g/mol. The van der Waals surface area contributed by atoms with Gasteiger partial charge in [0.1, 0.15) is 0 Å². The molecule has 3 rings (SSSR count). The molecule has 0 radical (unpaired) electrons. The molecule has 0 aromatic heterocycles. The van der Waals surface area contributed by atoms with Gasteiger partial charge in [0.25, 0.3) is 5.91 Å². The van der Waals surface area contributed by atoms with Gasteiger partial charge in [0, 0.05) is 34.7 Å². The summed E-state index contributed by atoms with van der Waals surface area (Å²) in [5.74, 6) is 0.957. The maximum Gasteiger partial charge on any atom is 0.253 e. The van der Waals surface area contributed by atoms with E-state index < -0.39 is 0 Å². The van der Waals surface area contributed by atoms with Crippen LogP contribution >= 0.6 is 15.9 Å². The van der Waals surface area contributed by atoms with Crippen molar-refractivity contribution in [1.29, 1.82) is 0 Å². The van der Waals surface area contributed by atoms with Crippen LogP contribution in [-0.4, -0.2) is 44.0 Å². The molecule has 1 saturated heterocycles. The summed E-state index contributed by atoms with van der Waals surface area (Å²) in [6.45, 7) is 5.06. The molecule has 160 valence electrons. The van der Waals surface area contributed by atoms with E-state index in [1.807, 2.05) is 26.0 Å². The number of hydrogen-bond acceptors (Lipinski definition) is 4. The predicted molar refractivity (Wildman–Crippen MR) is 120 cm³/mol. The molecular weight excluding hydrogens is 448 g/mol. The summed E-state index contributed by atoms with van der Waals surface area (Å²) < 4.78 is 11.5. The number of benzene rings is 2. The average Bonchev–Trinajstić information content (AvgIpc) is 2.75. The second-order valence-corrected chi connectivity index (χ2v) is 8.46. The van der Waals surface area contributed by atoms with Gasteiger partial charge in [0.2, 0.25) is 5.91 Å². The molecule has 1 aliphatic heterocycles. The van der Waals surface area contributed by atoms with Crippen molar-refractivity contribution in [3.05, 3.63) is 51.5 Å². The highest BCUT2D eigenvalue weighted by Gasteiger charge is 2.28. The lowest BCUT2D eigenvalue weighted by atomic mass is 9.95. The molecule has 0 spiro atoms. The second-order valence-electron chi connectivity index (χ2n) is 7.54. The molecular formula is C23H27BrN2O4. The fourth-order valence-corrected chi connectivity index (χ4v) is 4.52. The van der Waals surface area contributed by atoms with Gasteiger partial charge in [0.15, 0.2) is 11.5 Å². The van der Waals surface area contributed by atoms with Gasteiger partial charge in [-0.15, -0.1) is 0 Å². The van der Waals surface area contributed by atoms with E-state index in [2.05, 4.69) is 21.2 Å². The standard InChI is InChI=1S/C23H27BrN2O4/c1-14-11-18(24)12-15(2)21(14)25-22(27)16-7-9-26(10-8-16)23(28)17-5-6-19(29-3)20(13-17)30-4/h5-6,11-13,16H,7-10H2,1-4H3,(H,25,27). The minimum atomic E-state index is -0.109. The van der Waals surface area contributed by atoms with E-state index >= 15 is 0 Å². The van der Waals surface area contributed by atoms with Crippen molar-refractivity contribution >= 4 is 33.4 Å². The van der Waals surface area contributed by atoms with E-state index in [0.717, 1.165) is 21.3 Å². The second kappa shape index (κ2) is 9.51. The van der Waals surface area contributed by atoms with Crippen LogP contribution in [0, 0.1) is 19.8 Å². The van der Waals surface area contributed by atoms with E-state index in [1.54, 1.807) is 37.3 Å². The first-order valence-electron chi connectivity index (χ1n) is 9.93. The Bertz CT molecular complexity index is 929. The molecule has 7 heteroatoms. The van der Waals surface area contributed by atoms with Crippen LogP contribution in [0.5, 0.6) is 11.5 Å². The van der Waals surface area contributed by atoms with Gasteiger partial charge in [-0.05, 0) is 68.1 Å². The highest BCUT2D eigenvalue weighted by atomic mass is 79.9. The van der Waals surface area contributed by atoms with Crippen molar-refractivity contribution < 1.29 is 19.1 Å². The Balaban J connectivity index is 1.62. The third kappa shape index (κ3) is 4.78. The maximum atomic E-state index is 12.9. The number of anilines is 1. The number of hydrogen-bond donors (Lipinski definition) is 1. The van der Waals surface area contributed by atoms with Crippen molar-refractivity contribution in [3.8, 4) is 11.5 Å². The lowest BCUT2D eigenvalue weighted by molar-refractivity contribution is -0.121. The number of aryl methyl sites for hydroxylation is 2. The largest absolute Gasteiger partial charge is 0.493 e. The minimum Gasteiger partial charge on any atom is -0.493 e. The van der Waals surface area contributed by atoms with Crippen molar-refractivity contribution in [1.82, 2.24) is 4.90 Å². The smallest absolute Gasteiger partial charge is 0.253 e. The maximum absolute atomic E-state index is 12.9. The van der Waals surface area contributed by atoms with Gasteiger partial charge in [-0.3, -0.25) is 9.59 Å². The van der Waals surface area contributed by atoms with Gasteiger partial charge < -0.3 is 19.7 Å². The zero-order chi connectivity index (χ0) is 21.8. The molecule has 0 unspecified atom stereocenters. The Hall–Kier alpha value is -2.54. The summed E-state index contributed by atoms with van der Waals surface area (Å²) in [7, 11) is 3.11. The van der Waals surface area contributed by atoms with E-state index in [9.17, 15) is 9.59 Å². The third-order valence-corrected chi connectivity index (χ3v) is 5.99. The summed E-state index contributed by atoms with van der Waals surface area (Å²) in [6.07, 6.45) is 1.28. The number of nitrogens with one attached hydrogen (secondary N) is 1. The van der Waals surface area contributed by atoms with Crippen LogP contribution in [0.2, 0.25) is 0 Å². The summed E-state index contributed by atoms with van der Waals surface area (Å²) in [6, 6.07) is 9.15. The van der Waals surface area contributed by atoms with Gasteiger partial charge in [-0.2, -0.15) is 0 Å². The SMILES string of the molecule is COc1ccc(C(=O)N2CCC(C(=O)Nc3c(C)cc(Br)cc3C)CC2)cc1OC. The molecule has 1 aliphatic rings.